The molecule has 2 heterocycles. The van der Waals surface area contributed by atoms with Crippen molar-refractivity contribution in [1.82, 2.24) is 14.5 Å². The molecule has 27 heavy (non-hydrogen) atoms. The summed E-state index contributed by atoms with van der Waals surface area (Å²) in [5, 5.41) is 13.7. The monoisotopic (exact) mass is 385 g/mol. The molecule has 136 valence electrons. The molecule has 0 aliphatic carbocycles. The Hall–Kier alpha value is -3.11. The number of benzene rings is 2. The number of H-pyrrole nitrogens is 1. The molecule has 8 heteroatoms. The lowest BCUT2D eigenvalue weighted by molar-refractivity contribution is 0.151. The third kappa shape index (κ3) is 3.20. The third-order valence-electron chi connectivity index (χ3n) is 4.36. The number of anilines is 2. The van der Waals surface area contributed by atoms with Gasteiger partial charge in [-0.05, 0) is 30.3 Å². The van der Waals surface area contributed by atoms with E-state index in [2.05, 4.69) is 21.4 Å². The molecule has 0 atom stereocenters. The van der Waals surface area contributed by atoms with Gasteiger partial charge in [-0.15, -0.1) is 0 Å². The average molecular weight is 386 g/mol. The molecule has 0 radical (unpaired) electrons. The molecule has 0 unspecified atom stereocenters. The van der Waals surface area contributed by atoms with Crippen molar-refractivity contribution in [2.75, 3.05) is 5.32 Å². The Morgan fingerprint density at radius 1 is 1.26 bits per heavy atom. The Bertz CT molecular complexity index is 1170. The fraction of sp³-hybridized carbons (Fsp3) is 0.158. The molecule has 4 rings (SSSR count). The van der Waals surface area contributed by atoms with E-state index < -0.39 is 6.43 Å². The Morgan fingerprint density at radius 3 is 2.89 bits per heavy atom. The molecule has 0 bridgehead atoms. The van der Waals surface area contributed by atoms with Crippen molar-refractivity contribution in [1.29, 1.82) is 5.26 Å². The van der Waals surface area contributed by atoms with Gasteiger partial charge in [0.15, 0.2) is 0 Å². The van der Waals surface area contributed by atoms with Gasteiger partial charge in [-0.1, -0.05) is 17.7 Å². The highest BCUT2D eigenvalue weighted by Gasteiger charge is 2.15. The highest BCUT2D eigenvalue weighted by atomic mass is 35.5. The summed E-state index contributed by atoms with van der Waals surface area (Å²) in [7, 11) is 0. The molecule has 5 nitrogen and oxygen atoms in total. The van der Waals surface area contributed by atoms with Crippen molar-refractivity contribution >= 4 is 45.2 Å². The van der Waals surface area contributed by atoms with Gasteiger partial charge >= 0.3 is 0 Å². The first-order valence-corrected chi connectivity index (χ1v) is 8.63. The van der Waals surface area contributed by atoms with Gasteiger partial charge in [0.05, 0.1) is 29.2 Å². The molecule has 4 aromatic rings. The van der Waals surface area contributed by atoms with Crippen LogP contribution in [-0.4, -0.2) is 14.5 Å². The number of hydrogen-bond acceptors (Lipinski definition) is 3. The van der Waals surface area contributed by atoms with Gasteiger partial charge in [-0.3, -0.25) is 0 Å². The van der Waals surface area contributed by atoms with Crippen molar-refractivity contribution in [2.24, 2.45) is 0 Å². The second-order valence-electron chi connectivity index (χ2n) is 6.06. The van der Waals surface area contributed by atoms with Crippen LogP contribution in [-0.2, 0) is 6.54 Å². The first-order chi connectivity index (χ1) is 13.1. The maximum Gasteiger partial charge on any atom is 0.263 e. The van der Waals surface area contributed by atoms with Crippen LogP contribution in [0.1, 0.15) is 18.4 Å². The minimum Gasteiger partial charge on any atom is -0.359 e. The zero-order valence-electron chi connectivity index (χ0n) is 14.0. The van der Waals surface area contributed by atoms with Crippen molar-refractivity contribution in [3.8, 4) is 6.07 Å². The van der Waals surface area contributed by atoms with Gasteiger partial charge in [0, 0.05) is 34.2 Å². The molecule has 0 amide bonds. The quantitative estimate of drug-likeness (QED) is 0.458. The topological polar surface area (TPSA) is 69.4 Å². The summed E-state index contributed by atoms with van der Waals surface area (Å²) in [5.74, 6) is 0.479. The van der Waals surface area contributed by atoms with E-state index in [0.29, 0.717) is 28.5 Å². The molecule has 0 aliphatic heterocycles. The van der Waals surface area contributed by atoms with Crippen molar-refractivity contribution < 1.29 is 8.78 Å². The van der Waals surface area contributed by atoms with Gasteiger partial charge in [-0.2, -0.15) is 5.26 Å². The smallest absolute Gasteiger partial charge is 0.263 e. The third-order valence-corrected chi connectivity index (χ3v) is 4.60. The van der Waals surface area contributed by atoms with Crippen molar-refractivity contribution in [3.63, 3.8) is 0 Å². The zero-order valence-corrected chi connectivity index (χ0v) is 14.8. The molecule has 2 N–H and O–H groups in total. The second-order valence-corrected chi connectivity index (χ2v) is 6.50. The summed E-state index contributed by atoms with van der Waals surface area (Å²) in [5.41, 5.74) is 2.72. The molecule has 2 aromatic carbocycles. The lowest BCUT2D eigenvalue weighted by Crippen LogP contribution is -2.03. The standard InChI is InChI=1S/C19H14ClF2N5/c20-12-3-4-14-13(9-12)16(10-24-14)26-19-25-15-8-11(18(21)22)2-5-17(15)27(19)7-1-6-23/h2-5,8-10,18,24H,1,7H2,(H,25,26). The molecule has 0 saturated carbocycles. The number of nitrogens with zero attached hydrogens (tertiary/aromatic N) is 3. The normalized spacial score (nSPS) is 11.4. The number of aromatic amines is 1. The van der Waals surface area contributed by atoms with E-state index in [1.165, 1.54) is 12.1 Å². The van der Waals surface area contributed by atoms with Crippen molar-refractivity contribution in [2.45, 2.75) is 19.4 Å². The van der Waals surface area contributed by atoms with Gasteiger partial charge in [0.25, 0.3) is 6.43 Å². The van der Waals surface area contributed by atoms with Crippen LogP contribution >= 0.6 is 11.6 Å². The van der Waals surface area contributed by atoms with Crippen LogP contribution in [0.3, 0.4) is 0 Å². The first kappa shape index (κ1) is 17.3. The average Bonchev–Trinajstić information content (AvgIpc) is 3.20. The summed E-state index contributed by atoms with van der Waals surface area (Å²) >= 11 is 6.09. The van der Waals surface area contributed by atoms with Crippen LogP contribution in [0.25, 0.3) is 21.9 Å². The predicted molar refractivity (Wildman–Crippen MR) is 102 cm³/mol. The minimum absolute atomic E-state index is 0.0853. The van der Waals surface area contributed by atoms with Crippen LogP contribution in [0.5, 0.6) is 0 Å². The molecule has 0 spiro atoms. The number of halogens is 3. The Labute approximate surface area is 158 Å². The Morgan fingerprint density at radius 2 is 2.11 bits per heavy atom. The fourth-order valence-electron chi connectivity index (χ4n) is 3.08. The van der Waals surface area contributed by atoms with E-state index in [1.54, 1.807) is 18.3 Å². The number of fused-ring (bicyclic) bond motifs is 2. The second kappa shape index (κ2) is 6.89. The number of rotatable bonds is 5. The van der Waals surface area contributed by atoms with E-state index in [0.717, 1.165) is 16.6 Å². The van der Waals surface area contributed by atoms with Gasteiger partial charge in [0.2, 0.25) is 5.95 Å². The molecular weight excluding hydrogens is 372 g/mol. The van der Waals surface area contributed by atoms with Gasteiger partial charge in [0.1, 0.15) is 0 Å². The van der Waals surface area contributed by atoms with E-state index in [-0.39, 0.29) is 12.0 Å². The minimum atomic E-state index is -2.56. The molecule has 0 fully saturated rings. The Balaban J connectivity index is 1.81. The van der Waals surface area contributed by atoms with Crippen LogP contribution in [0, 0.1) is 11.3 Å². The molecular formula is C19H14ClF2N5. The lowest BCUT2D eigenvalue weighted by atomic mass is 10.2. The fourth-order valence-corrected chi connectivity index (χ4v) is 3.25. The van der Waals surface area contributed by atoms with Crippen LogP contribution in [0.2, 0.25) is 5.02 Å². The number of aryl methyl sites for hydroxylation is 1. The van der Waals surface area contributed by atoms with Crippen molar-refractivity contribution in [3.05, 3.63) is 53.2 Å². The maximum atomic E-state index is 13.0. The summed E-state index contributed by atoms with van der Waals surface area (Å²) in [6, 6.07) is 12.0. The number of nitrogens with one attached hydrogen (secondary N) is 2. The maximum absolute atomic E-state index is 13.0. The number of imidazole rings is 1. The molecule has 2 aromatic heterocycles. The summed E-state index contributed by atoms with van der Waals surface area (Å²) in [6.45, 7) is 0.395. The number of nitriles is 1. The van der Waals surface area contributed by atoms with E-state index in [4.69, 9.17) is 16.9 Å². The number of hydrogen-bond donors (Lipinski definition) is 2. The van der Waals surface area contributed by atoms with E-state index in [1.807, 2.05) is 16.7 Å². The van der Waals surface area contributed by atoms with Crippen LogP contribution in [0.15, 0.2) is 42.6 Å². The molecule has 0 saturated heterocycles. The van der Waals surface area contributed by atoms with Crippen LogP contribution in [0.4, 0.5) is 20.4 Å². The lowest BCUT2D eigenvalue weighted by Gasteiger charge is -2.09. The predicted octanol–water partition coefficient (Wildman–Crippen LogP) is 5.77. The molecule has 0 aliphatic rings. The largest absolute Gasteiger partial charge is 0.359 e. The van der Waals surface area contributed by atoms with Crippen LogP contribution < -0.4 is 5.32 Å². The number of alkyl halides is 2. The highest BCUT2D eigenvalue weighted by molar-refractivity contribution is 6.31. The van der Waals surface area contributed by atoms with E-state index >= 15 is 0 Å². The van der Waals surface area contributed by atoms with E-state index in [9.17, 15) is 8.78 Å². The summed E-state index contributed by atoms with van der Waals surface area (Å²) < 4.78 is 27.8. The summed E-state index contributed by atoms with van der Waals surface area (Å²) in [6.07, 6.45) is -0.499. The SMILES string of the molecule is N#CCCn1c(Nc2c[nH]c3ccc(Cl)cc23)nc2cc(C(F)F)ccc21. The Kier molecular flexibility index (Phi) is 4.42. The zero-order chi connectivity index (χ0) is 19.0. The first-order valence-electron chi connectivity index (χ1n) is 8.26. The van der Waals surface area contributed by atoms with Gasteiger partial charge < -0.3 is 14.9 Å². The van der Waals surface area contributed by atoms with Gasteiger partial charge in [-0.25, -0.2) is 13.8 Å². The summed E-state index contributed by atoms with van der Waals surface area (Å²) in [4.78, 5) is 7.62. The highest BCUT2D eigenvalue weighted by Crippen LogP contribution is 2.31. The number of aromatic nitrogens is 3.